The van der Waals surface area contributed by atoms with Crippen molar-refractivity contribution >= 4 is 11.0 Å². The zero-order valence-electron chi connectivity index (χ0n) is 17.2. The monoisotopic (exact) mass is 418 g/mol. The SMILES string of the molecule is C[C@@H](C1CCOCC1)n1nc(C#N)c2c(=O)[nH]c([C@H]3CC[C@@H]3n3cc(C#N)cn3)nc21. The molecule has 0 aromatic carbocycles. The van der Waals surface area contributed by atoms with Gasteiger partial charge in [0.15, 0.2) is 11.3 Å². The topological polar surface area (TPSA) is 138 Å². The molecule has 2 fully saturated rings. The molecule has 1 saturated carbocycles. The summed E-state index contributed by atoms with van der Waals surface area (Å²) >= 11 is 0. The van der Waals surface area contributed by atoms with Crippen LogP contribution in [0.4, 0.5) is 0 Å². The van der Waals surface area contributed by atoms with Crippen molar-refractivity contribution in [2.45, 2.75) is 50.6 Å². The highest BCUT2D eigenvalue weighted by Gasteiger charge is 2.37. The Morgan fingerprint density at radius 3 is 2.68 bits per heavy atom. The van der Waals surface area contributed by atoms with Crippen molar-refractivity contribution in [1.82, 2.24) is 29.5 Å². The summed E-state index contributed by atoms with van der Waals surface area (Å²) in [7, 11) is 0. The lowest BCUT2D eigenvalue weighted by Gasteiger charge is -2.35. The van der Waals surface area contributed by atoms with Crippen LogP contribution in [0, 0.1) is 28.6 Å². The summed E-state index contributed by atoms with van der Waals surface area (Å²) in [4.78, 5) is 20.6. The third kappa shape index (κ3) is 3.20. The van der Waals surface area contributed by atoms with Crippen molar-refractivity contribution in [2.75, 3.05) is 13.2 Å². The first-order valence-corrected chi connectivity index (χ1v) is 10.5. The number of hydrogen-bond donors (Lipinski definition) is 1. The second-order valence-electron chi connectivity index (χ2n) is 8.32. The quantitative estimate of drug-likeness (QED) is 0.685. The molecule has 3 atom stereocenters. The lowest BCUT2D eigenvalue weighted by molar-refractivity contribution is 0.0501. The third-order valence-corrected chi connectivity index (χ3v) is 6.68. The predicted molar refractivity (Wildman–Crippen MR) is 109 cm³/mol. The Morgan fingerprint density at radius 2 is 2.03 bits per heavy atom. The second kappa shape index (κ2) is 7.64. The van der Waals surface area contributed by atoms with Crippen molar-refractivity contribution in [1.29, 1.82) is 10.5 Å². The van der Waals surface area contributed by atoms with Gasteiger partial charge in [-0.2, -0.15) is 20.7 Å². The van der Waals surface area contributed by atoms with Gasteiger partial charge in [0.1, 0.15) is 23.3 Å². The number of aromatic amines is 1. The van der Waals surface area contributed by atoms with Crippen molar-refractivity contribution in [2.24, 2.45) is 5.92 Å². The van der Waals surface area contributed by atoms with E-state index in [-0.39, 0.29) is 34.6 Å². The summed E-state index contributed by atoms with van der Waals surface area (Å²) in [6, 6.07) is 4.17. The maximum absolute atomic E-state index is 12.9. The van der Waals surface area contributed by atoms with Gasteiger partial charge >= 0.3 is 0 Å². The van der Waals surface area contributed by atoms with Crippen LogP contribution in [0.2, 0.25) is 0 Å². The van der Waals surface area contributed by atoms with Crippen LogP contribution in [0.15, 0.2) is 17.2 Å². The fourth-order valence-corrected chi connectivity index (χ4v) is 4.69. The minimum absolute atomic E-state index is 0.00265. The van der Waals surface area contributed by atoms with Crippen molar-refractivity contribution < 1.29 is 4.74 Å². The molecule has 10 nitrogen and oxygen atoms in total. The van der Waals surface area contributed by atoms with Crippen LogP contribution >= 0.6 is 0 Å². The van der Waals surface area contributed by atoms with Crippen LogP contribution in [0.5, 0.6) is 0 Å². The lowest BCUT2D eigenvalue weighted by Crippen LogP contribution is -2.31. The number of rotatable bonds is 4. The number of hydrogen-bond acceptors (Lipinski definition) is 7. The summed E-state index contributed by atoms with van der Waals surface area (Å²) in [5, 5.41) is 27.6. The molecule has 0 bridgehead atoms. The van der Waals surface area contributed by atoms with Gasteiger partial charge in [-0.3, -0.25) is 9.48 Å². The smallest absolute Gasteiger partial charge is 0.263 e. The minimum Gasteiger partial charge on any atom is -0.381 e. The molecule has 0 spiro atoms. The molecular weight excluding hydrogens is 396 g/mol. The van der Waals surface area contributed by atoms with Gasteiger partial charge in [-0.05, 0) is 38.5 Å². The summed E-state index contributed by atoms with van der Waals surface area (Å²) in [5.74, 6) is 0.904. The first-order valence-electron chi connectivity index (χ1n) is 10.5. The number of nitrogens with zero attached hydrogens (tertiary/aromatic N) is 7. The minimum atomic E-state index is -0.342. The molecule has 4 heterocycles. The number of aromatic nitrogens is 6. The van der Waals surface area contributed by atoms with Gasteiger partial charge in [0.05, 0.1) is 23.8 Å². The molecule has 31 heavy (non-hydrogen) atoms. The van der Waals surface area contributed by atoms with Crippen LogP contribution in [-0.4, -0.2) is 42.7 Å². The van der Waals surface area contributed by atoms with Gasteiger partial charge in [0.25, 0.3) is 5.56 Å². The maximum atomic E-state index is 12.9. The van der Waals surface area contributed by atoms with Gasteiger partial charge in [-0.25, -0.2) is 9.67 Å². The summed E-state index contributed by atoms with van der Waals surface area (Å²) in [5.41, 5.74) is 0.721. The number of fused-ring (bicyclic) bond motifs is 1. The number of ether oxygens (including phenoxy) is 1. The van der Waals surface area contributed by atoms with Crippen molar-refractivity contribution in [3.8, 4) is 12.1 Å². The van der Waals surface area contributed by atoms with Gasteiger partial charge in [-0.1, -0.05) is 0 Å². The van der Waals surface area contributed by atoms with Crippen molar-refractivity contribution in [3.05, 3.63) is 39.8 Å². The highest BCUT2D eigenvalue weighted by atomic mass is 16.5. The fraction of sp³-hybridized carbons (Fsp3) is 0.524. The molecule has 158 valence electrons. The molecule has 3 aromatic heterocycles. The van der Waals surface area contributed by atoms with Crippen LogP contribution in [0.25, 0.3) is 11.0 Å². The van der Waals surface area contributed by atoms with Crippen molar-refractivity contribution in [3.63, 3.8) is 0 Å². The van der Waals surface area contributed by atoms with E-state index in [0.717, 1.165) is 25.7 Å². The summed E-state index contributed by atoms with van der Waals surface area (Å²) in [6.45, 7) is 3.47. The number of nitriles is 2. The molecule has 3 aromatic rings. The predicted octanol–water partition coefficient (Wildman–Crippen LogP) is 2.17. The lowest BCUT2D eigenvalue weighted by atomic mass is 9.79. The van der Waals surface area contributed by atoms with E-state index in [2.05, 4.69) is 28.2 Å². The van der Waals surface area contributed by atoms with Gasteiger partial charge in [-0.15, -0.1) is 0 Å². The Balaban J connectivity index is 1.55. The molecular formula is C21H22N8O2. The Bertz CT molecular complexity index is 1270. The molecule has 0 unspecified atom stereocenters. The Labute approximate surface area is 178 Å². The largest absolute Gasteiger partial charge is 0.381 e. The summed E-state index contributed by atoms with van der Waals surface area (Å²) < 4.78 is 9.00. The third-order valence-electron chi connectivity index (χ3n) is 6.68. The molecule has 1 aliphatic heterocycles. The van der Waals surface area contributed by atoms with E-state index in [1.165, 1.54) is 0 Å². The van der Waals surface area contributed by atoms with E-state index < -0.39 is 0 Å². The van der Waals surface area contributed by atoms with Gasteiger partial charge in [0.2, 0.25) is 0 Å². The molecule has 0 amide bonds. The van der Waals surface area contributed by atoms with Crippen LogP contribution in [-0.2, 0) is 4.74 Å². The second-order valence-corrected chi connectivity index (χ2v) is 8.32. The van der Waals surface area contributed by atoms with Crippen LogP contribution < -0.4 is 5.56 Å². The van der Waals surface area contributed by atoms with E-state index in [4.69, 9.17) is 15.0 Å². The average molecular weight is 418 g/mol. The number of nitrogens with one attached hydrogen (secondary N) is 1. The average Bonchev–Trinajstić information content (AvgIpc) is 3.38. The molecule has 5 rings (SSSR count). The molecule has 2 aliphatic rings. The summed E-state index contributed by atoms with van der Waals surface area (Å²) in [6.07, 6.45) is 6.82. The van der Waals surface area contributed by atoms with E-state index in [0.29, 0.717) is 36.2 Å². The zero-order chi connectivity index (χ0) is 21.5. The zero-order valence-corrected chi connectivity index (χ0v) is 17.2. The highest BCUT2D eigenvalue weighted by molar-refractivity contribution is 5.80. The first kappa shape index (κ1) is 19.5. The van der Waals surface area contributed by atoms with E-state index >= 15 is 0 Å². The van der Waals surface area contributed by atoms with Crippen LogP contribution in [0.1, 0.15) is 67.7 Å². The first-order chi connectivity index (χ1) is 15.1. The van der Waals surface area contributed by atoms with Crippen LogP contribution in [0.3, 0.4) is 0 Å². The Morgan fingerprint density at radius 1 is 1.23 bits per heavy atom. The Hall–Kier alpha value is -3.50. The maximum Gasteiger partial charge on any atom is 0.263 e. The normalized spacial score (nSPS) is 22.5. The standard InChI is InChI=1S/C21H22N8O2/c1-12(14-4-6-31-7-5-14)29-20-18(16(9-23)27-29)21(30)26-19(25-20)15-2-3-17(15)28-11-13(8-22)10-24-28/h10-12,14-15,17H,2-7H2,1H3,(H,25,26,30)/t12-,15-,17-/m0/s1. The molecule has 1 N–H and O–H groups in total. The highest BCUT2D eigenvalue weighted by Crippen LogP contribution is 2.44. The van der Waals surface area contributed by atoms with E-state index in [9.17, 15) is 10.1 Å². The molecule has 1 aliphatic carbocycles. The number of H-pyrrole nitrogens is 1. The van der Waals surface area contributed by atoms with E-state index in [1.54, 1.807) is 21.8 Å². The van der Waals surface area contributed by atoms with E-state index in [1.807, 2.05) is 6.07 Å². The molecule has 10 heteroatoms. The fourth-order valence-electron chi connectivity index (χ4n) is 4.69. The molecule has 1 saturated heterocycles. The van der Waals surface area contributed by atoms with Gasteiger partial charge < -0.3 is 9.72 Å². The molecule has 0 radical (unpaired) electrons. The Kier molecular flexibility index (Phi) is 4.79. The van der Waals surface area contributed by atoms with Gasteiger partial charge in [0, 0.05) is 25.3 Å².